The van der Waals surface area contributed by atoms with Crippen LogP contribution in [0.15, 0.2) is 78.9 Å². The molecule has 0 spiro atoms. The molecule has 0 aliphatic carbocycles. The monoisotopic (exact) mass is 420 g/mol. The van der Waals surface area contributed by atoms with E-state index in [0.717, 1.165) is 12.2 Å². The molecule has 4 heteroatoms. The molecule has 0 saturated carbocycles. The molecule has 0 aliphatic heterocycles. The number of carbonyl (C=O) groups is 1. The van der Waals surface area contributed by atoms with Crippen LogP contribution in [0.1, 0.15) is 33.3 Å². The van der Waals surface area contributed by atoms with Crippen molar-refractivity contribution in [3.63, 3.8) is 0 Å². The van der Waals surface area contributed by atoms with Gasteiger partial charge in [0.2, 0.25) is 0 Å². The minimum Gasteiger partial charge on any atom is -0.493 e. The highest BCUT2D eigenvalue weighted by atomic mass is 16.6. The van der Waals surface area contributed by atoms with Crippen LogP contribution in [-0.4, -0.2) is 25.3 Å². The van der Waals surface area contributed by atoms with Crippen molar-refractivity contribution in [3.05, 3.63) is 84.4 Å². The average molecular weight is 421 g/mol. The highest BCUT2D eigenvalue weighted by Gasteiger charge is 2.15. The zero-order valence-electron chi connectivity index (χ0n) is 18.8. The van der Waals surface area contributed by atoms with E-state index in [4.69, 9.17) is 14.2 Å². The lowest BCUT2D eigenvalue weighted by Crippen LogP contribution is -2.25. The number of ether oxygens (including phenoxy) is 3. The van der Waals surface area contributed by atoms with Crippen LogP contribution in [0.25, 0.3) is 11.1 Å². The summed E-state index contributed by atoms with van der Waals surface area (Å²) in [5.74, 6) is 1.00. The molecule has 164 valence electrons. The number of esters is 1. The van der Waals surface area contributed by atoms with Crippen molar-refractivity contribution in [2.24, 2.45) is 0 Å². The average Bonchev–Trinajstić information content (AvgIpc) is 2.82. The van der Waals surface area contributed by atoms with Gasteiger partial charge in [-0.25, -0.2) is 4.79 Å². The second-order valence-electron chi connectivity index (χ2n) is 6.64. The molecule has 31 heavy (non-hydrogen) atoms. The first-order chi connectivity index (χ1) is 15.2. The van der Waals surface area contributed by atoms with Crippen LogP contribution in [0.2, 0.25) is 0 Å². The number of benzene rings is 3. The van der Waals surface area contributed by atoms with Crippen molar-refractivity contribution in [2.45, 2.75) is 40.2 Å². The predicted molar refractivity (Wildman–Crippen MR) is 126 cm³/mol. The van der Waals surface area contributed by atoms with Gasteiger partial charge in [0.25, 0.3) is 0 Å². The lowest BCUT2D eigenvalue weighted by molar-refractivity contribution is -0.150. The largest absolute Gasteiger partial charge is 0.493 e. The molecule has 3 aromatic rings. The molecule has 0 saturated heterocycles. The summed E-state index contributed by atoms with van der Waals surface area (Å²) in [5, 5.41) is 0. The summed E-state index contributed by atoms with van der Waals surface area (Å²) in [6.07, 6.45) is 0.188. The van der Waals surface area contributed by atoms with Crippen LogP contribution in [0.5, 0.6) is 11.5 Å². The van der Waals surface area contributed by atoms with Crippen LogP contribution in [-0.2, 0) is 16.0 Å². The third-order valence-corrected chi connectivity index (χ3v) is 4.48. The van der Waals surface area contributed by atoms with E-state index in [-0.39, 0.29) is 5.97 Å². The molecule has 3 aromatic carbocycles. The summed E-state index contributed by atoms with van der Waals surface area (Å²) in [5.41, 5.74) is 3.66. The van der Waals surface area contributed by atoms with Crippen LogP contribution in [0.4, 0.5) is 0 Å². The summed E-state index contributed by atoms with van der Waals surface area (Å²) in [7, 11) is 0. The Bertz CT molecular complexity index is 887. The molecule has 0 fully saturated rings. The minimum atomic E-state index is -0.638. The molecule has 0 amide bonds. The molecule has 1 unspecified atom stereocenters. The Morgan fingerprint density at radius 3 is 2.00 bits per heavy atom. The normalized spacial score (nSPS) is 11.0. The highest BCUT2D eigenvalue weighted by molar-refractivity contribution is 5.74. The van der Waals surface area contributed by atoms with Crippen molar-refractivity contribution in [3.8, 4) is 22.6 Å². The fraction of sp³-hybridized carbons (Fsp3) is 0.296. The lowest BCUT2D eigenvalue weighted by Gasteiger charge is -2.13. The molecule has 1 atom stereocenters. The van der Waals surface area contributed by atoms with Crippen molar-refractivity contribution in [1.82, 2.24) is 0 Å². The van der Waals surface area contributed by atoms with E-state index in [0.29, 0.717) is 19.0 Å². The highest BCUT2D eigenvalue weighted by Crippen LogP contribution is 2.21. The molecule has 3 rings (SSSR count). The van der Waals surface area contributed by atoms with E-state index in [9.17, 15) is 4.79 Å². The van der Waals surface area contributed by atoms with E-state index in [1.165, 1.54) is 16.7 Å². The summed E-state index contributed by atoms with van der Waals surface area (Å²) in [6.45, 7) is 8.37. The third kappa shape index (κ3) is 7.82. The van der Waals surface area contributed by atoms with Gasteiger partial charge in [-0.05, 0) is 54.8 Å². The first-order valence-electron chi connectivity index (χ1n) is 10.9. The van der Waals surface area contributed by atoms with Crippen molar-refractivity contribution >= 4 is 5.97 Å². The maximum absolute atomic E-state index is 11.6. The van der Waals surface area contributed by atoms with Gasteiger partial charge in [0.1, 0.15) is 11.5 Å². The van der Waals surface area contributed by atoms with Gasteiger partial charge in [0.05, 0.1) is 13.2 Å². The van der Waals surface area contributed by atoms with Gasteiger partial charge in [-0.1, -0.05) is 68.4 Å². The zero-order chi connectivity index (χ0) is 22.5. The Balaban J connectivity index is 0.00000166. The number of carbonyl (C=O) groups excluding carboxylic acids is 1. The predicted octanol–water partition coefficient (Wildman–Crippen LogP) is 6.33. The molecule has 0 aromatic heterocycles. The first kappa shape index (κ1) is 24.0. The van der Waals surface area contributed by atoms with E-state index in [1.54, 1.807) is 26.0 Å². The minimum absolute atomic E-state index is 0.342. The smallest absolute Gasteiger partial charge is 0.347 e. The quantitative estimate of drug-likeness (QED) is 0.379. The Hall–Kier alpha value is -3.27. The van der Waals surface area contributed by atoms with E-state index in [2.05, 4.69) is 36.4 Å². The van der Waals surface area contributed by atoms with Gasteiger partial charge in [-0.3, -0.25) is 0 Å². The summed E-state index contributed by atoms with van der Waals surface area (Å²) >= 11 is 0. The number of rotatable bonds is 9. The van der Waals surface area contributed by atoms with Crippen LogP contribution in [0, 0.1) is 0 Å². The summed E-state index contributed by atoms with van der Waals surface area (Å²) in [6, 6.07) is 26.2. The fourth-order valence-electron chi connectivity index (χ4n) is 2.91. The first-order valence-corrected chi connectivity index (χ1v) is 10.9. The van der Waals surface area contributed by atoms with E-state index in [1.807, 2.05) is 44.2 Å². The molecule has 0 bridgehead atoms. The second kappa shape index (κ2) is 13.1. The second-order valence-corrected chi connectivity index (χ2v) is 6.64. The number of hydrogen-bond donors (Lipinski definition) is 0. The third-order valence-electron chi connectivity index (χ3n) is 4.48. The maximum Gasteiger partial charge on any atom is 0.347 e. The Morgan fingerprint density at radius 1 is 0.806 bits per heavy atom. The van der Waals surface area contributed by atoms with Gasteiger partial charge in [-0.15, -0.1) is 0 Å². The summed E-state index contributed by atoms with van der Waals surface area (Å²) in [4.78, 5) is 11.6. The molecule has 0 radical (unpaired) electrons. The van der Waals surface area contributed by atoms with Gasteiger partial charge in [-0.2, -0.15) is 0 Å². The fourth-order valence-corrected chi connectivity index (χ4v) is 2.91. The Kier molecular flexibility index (Phi) is 10.2. The molecule has 0 N–H and O–H groups in total. The maximum atomic E-state index is 11.6. The Morgan fingerprint density at radius 2 is 1.39 bits per heavy atom. The van der Waals surface area contributed by atoms with E-state index >= 15 is 0 Å². The van der Waals surface area contributed by atoms with Crippen molar-refractivity contribution < 1.29 is 19.0 Å². The standard InChI is InChI=1S/C25H26O4.C2H6/c1-3-27-25(26)19(2)29-24-15-13-23(14-16-24)28-18-17-20-9-11-22(12-10-20)21-7-5-4-6-8-21;1-2/h4-16,19H,3,17-18H2,1-2H3;1-2H3. The zero-order valence-corrected chi connectivity index (χ0v) is 18.8. The van der Waals surface area contributed by atoms with Crippen LogP contribution >= 0.6 is 0 Å². The van der Waals surface area contributed by atoms with Crippen LogP contribution < -0.4 is 9.47 Å². The molecular formula is C27H32O4. The van der Waals surface area contributed by atoms with Gasteiger partial charge >= 0.3 is 5.97 Å². The molecule has 0 aliphatic rings. The van der Waals surface area contributed by atoms with Gasteiger partial charge < -0.3 is 14.2 Å². The topological polar surface area (TPSA) is 44.8 Å². The van der Waals surface area contributed by atoms with E-state index < -0.39 is 6.10 Å². The van der Waals surface area contributed by atoms with Gasteiger partial charge in [0, 0.05) is 6.42 Å². The number of hydrogen-bond acceptors (Lipinski definition) is 4. The Labute approximate surface area is 185 Å². The van der Waals surface area contributed by atoms with Crippen LogP contribution in [0.3, 0.4) is 0 Å². The van der Waals surface area contributed by atoms with Crippen molar-refractivity contribution in [1.29, 1.82) is 0 Å². The lowest BCUT2D eigenvalue weighted by atomic mass is 10.0. The molecule has 4 nitrogen and oxygen atoms in total. The molecule has 0 heterocycles. The summed E-state index contributed by atoms with van der Waals surface area (Å²) < 4.78 is 16.3. The van der Waals surface area contributed by atoms with Gasteiger partial charge in [0.15, 0.2) is 6.10 Å². The SMILES string of the molecule is CC.CCOC(=O)C(C)Oc1ccc(OCCc2ccc(-c3ccccc3)cc2)cc1. The molecular weight excluding hydrogens is 388 g/mol. The van der Waals surface area contributed by atoms with Crippen molar-refractivity contribution in [2.75, 3.05) is 13.2 Å².